The maximum atomic E-state index is 9.36. The van der Waals surface area contributed by atoms with Gasteiger partial charge in [0, 0.05) is 18.1 Å². The highest BCUT2D eigenvalue weighted by atomic mass is 16.3. The molecule has 3 heteroatoms. The molecule has 0 bridgehead atoms. The van der Waals surface area contributed by atoms with Crippen molar-refractivity contribution in [1.29, 1.82) is 0 Å². The van der Waals surface area contributed by atoms with E-state index in [4.69, 9.17) is 0 Å². The van der Waals surface area contributed by atoms with Gasteiger partial charge in [0.2, 0.25) is 0 Å². The Kier molecular flexibility index (Phi) is 4.48. The summed E-state index contributed by atoms with van der Waals surface area (Å²) in [5.74, 6) is 0.336. The van der Waals surface area contributed by atoms with E-state index in [0.29, 0.717) is 17.3 Å². The molecule has 1 unspecified atom stereocenters. The molecular formula is C16H26N2O. The van der Waals surface area contributed by atoms with E-state index in [9.17, 15) is 5.11 Å². The topological polar surface area (TPSA) is 35.5 Å². The zero-order valence-corrected chi connectivity index (χ0v) is 12.3. The second kappa shape index (κ2) is 5.93. The van der Waals surface area contributed by atoms with E-state index in [1.54, 1.807) is 12.1 Å². The largest absolute Gasteiger partial charge is 0.508 e. The van der Waals surface area contributed by atoms with Crippen LogP contribution in [0, 0.1) is 0 Å². The molecule has 0 amide bonds. The van der Waals surface area contributed by atoms with Gasteiger partial charge in [0.05, 0.1) is 0 Å². The lowest BCUT2D eigenvalue weighted by Crippen LogP contribution is -2.56. The number of nitrogens with zero attached hydrogens (tertiary/aromatic N) is 1. The second-order valence-electron chi connectivity index (χ2n) is 5.91. The quantitative estimate of drug-likeness (QED) is 0.827. The van der Waals surface area contributed by atoms with Crippen molar-refractivity contribution in [2.24, 2.45) is 0 Å². The maximum Gasteiger partial charge on any atom is 0.115 e. The summed E-state index contributed by atoms with van der Waals surface area (Å²) in [6.45, 7) is 3.24. The molecule has 1 fully saturated rings. The number of likely N-dealkylation sites (N-methyl/N-ethyl adjacent to an activating group) is 1. The third-order valence-electron chi connectivity index (χ3n) is 4.61. The lowest BCUT2D eigenvalue weighted by atomic mass is 9.75. The molecule has 2 N–H and O–H groups in total. The third-order valence-corrected chi connectivity index (χ3v) is 4.61. The molecule has 3 nitrogen and oxygen atoms in total. The molecule has 1 aromatic rings. The summed E-state index contributed by atoms with van der Waals surface area (Å²) in [6, 6.07) is 7.94. The van der Waals surface area contributed by atoms with Gasteiger partial charge in [-0.15, -0.1) is 0 Å². The Morgan fingerprint density at radius 1 is 1.26 bits per heavy atom. The zero-order chi connectivity index (χ0) is 13.9. The van der Waals surface area contributed by atoms with Gasteiger partial charge >= 0.3 is 0 Å². The molecule has 0 heterocycles. The number of rotatable bonds is 6. The van der Waals surface area contributed by atoms with E-state index in [0.717, 1.165) is 13.0 Å². The molecular weight excluding hydrogens is 236 g/mol. The molecule has 0 radical (unpaired) electrons. The summed E-state index contributed by atoms with van der Waals surface area (Å²) in [6.07, 6.45) is 4.99. The lowest BCUT2D eigenvalue weighted by Gasteiger charge is -2.48. The molecule has 2 rings (SSSR count). The number of nitrogens with one attached hydrogen (secondary N) is 1. The van der Waals surface area contributed by atoms with Crippen molar-refractivity contribution in [3.05, 3.63) is 29.8 Å². The van der Waals surface area contributed by atoms with Crippen molar-refractivity contribution in [2.75, 3.05) is 20.6 Å². The average molecular weight is 262 g/mol. The lowest BCUT2D eigenvalue weighted by molar-refractivity contribution is 0.0569. The van der Waals surface area contributed by atoms with Crippen LogP contribution in [-0.4, -0.2) is 36.2 Å². The van der Waals surface area contributed by atoms with E-state index in [-0.39, 0.29) is 0 Å². The normalized spacial score (nSPS) is 19.2. The van der Waals surface area contributed by atoms with Crippen molar-refractivity contribution < 1.29 is 5.11 Å². The molecule has 1 saturated carbocycles. The smallest absolute Gasteiger partial charge is 0.115 e. The predicted molar refractivity (Wildman–Crippen MR) is 79.4 cm³/mol. The summed E-state index contributed by atoms with van der Waals surface area (Å²) in [5.41, 5.74) is 1.61. The van der Waals surface area contributed by atoms with Gasteiger partial charge in [-0.3, -0.25) is 0 Å². The fourth-order valence-electron chi connectivity index (χ4n) is 2.88. The molecule has 19 heavy (non-hydrogen) atoms. The predicted octanol–water partition coefficient (Wildman–Crippen LogP) is 2.92. The number of phenolic OH excluding ortho intramolecular Hbond substituents is 1. The third kappa shape index (κ3) is 3.10. The fourth-order valence-corrected chi connectivity index (χ4v) is 2.88. The first-order valence-electron chi connectivity index (χ1n) is 7.27. The van der Waals surface area contributed by atoms with E-state index >= 15 is 0 Å². The van der Waals surface area contributed by atoms with Gasteiger partial charge in [0.15, 0.2) is 0 Å². The van der Waals surface area contributed by atoms with E-state index < -0.39 is 0 Å². The number of aromatic hydroxyl groups is 1. The Labute approximate surface area is 116 Å². The van der Waals surface area contributed by atoms with Crippen LogP contribution in [0.4, 0.5) is 0 Å². The van der Waals surface area contributed by atoms with Crippen LogP contribution in [0.1, 0.15) is 44.2 Å². The van der Waals surface area contributed by atoms with Crippen LogP contribution in [0.15, 0.2) is 24.3 Å². The highest BCUT2D eigenvalue weighted by Gasteiger charge is 2.38. The Balaban J connectivity index is 1.98. The van der Waals surface area contributed by atoms with Crippen molar-refractivity contribution in [1.82, 2.24) is 10.2 Å². The monoisotopic (exact) mass is 262 g/mol. The minimum Gasteiger partial charge on any atom is -0.508 e. The molecule has 106 valence electrons. The van der Waals surface area contributed by atoms with Gasteiger partial charge in [0.25, 0.3) is 0 Å². The number of benzene rings is 1. The minimum atomic E-state index is 0.336. The first kappa shape index (κ1) is 14.4. The Morgan fingerprint density at radius 2 is 1.89 bits per heavy atom. The Hall–Kier alpha value is -1.06. The van der Waals surface area contributed by atoms with Crippen LogP contribution in [0.5, 0.6) is 5.75 Å². The Bertz CT molecular complexity index is 396. The van der Waals surface area contributed by atoms with E-state index in [2.05, 4.69) is 31.2 Å². The Morgan fingerprint density at radius 3 is 2.32 bits per heavy atom. The van der Waals surface area contributed by atoms with Crippen LogP contribution in [0.2, 0.25) is 0 Å². The van der Waals surface area contributed by atoms with Gasteiger partial charge in [-0.2, -0.15) is 0 Å². The number of hydrogen-bond acceptors (Lipinski definition) is 3. The first-order valence-corrected chi connectivity index (χ1v) is 7.27. The van der Waals surface area contributed by atoms with Gasteiger partial charge in [-0.25, -0.2) is 0 Å². The standard InChI is InChI=1S/C16H26N2O/c1-4-15(13-6-8-14(19)9-7-13)17-12-16(18(2)3)10-5-11-16/h6-9,15,17,19H,4-5,10-12H2,1-3H3. The maximum absolute atomic E-state index is 9.36. The van der Waals surface area contributed by atoms with Crippen LogP contribution in [-0.2, 0) is 0 Å². The van der Waals surface area contributed by atoms with Crippen molar-refractivity contribution >= 4 is 0 Å². The van der Waals surface area contributed by atoms with E-state index in [1.807, 2.05) is 12.1 Å². The minimum absolute atomic E-state index is 0.336. The van der Waals surface area contributed by atoms with E-state index in [1.165, 1.54) is 24.8 Å². The molecule has 1 aliphatic rings. The molecule has 0 aliphatic heterocycles. The van der Waals surface area contributed by atoms with Crippen molar-refractivity contribution in [3.63, 3.8) is 0 Å². The highest BCUT2D eigenvalue weighted by Crippen LogP contribution is 2.36. The van der Waals surface area contributed by atoms with Crippen LogP contribution in [0.3, 0.4) is 0 Å². The van der Waals surface area contributed by atoms with Gasteiger partial charge in [-0.05, 0) is 57.5 Å². The molecule has 1 aliphatic carbocycles. The number of phenols is 1. The van der Waals surface area contributed by atoms with Crippen LogP contribution in [0.25, 0.3) is 0 Å². The molecule has 1 atom stereocenters. The summed E-state index contributed by atoms with van der Waals surface area (Å²) < 4.78 is 0. The van der Waals surface area contributed by atoms with Crippen molar-refractivity contribution in [3.8, 4) is 5.75 Å². The molecule has 0 saturated heterocycles. The first-order chi connectivity index (χ1) is 9.07. The summed E-state index contributed by atoms with van der Waals surface area (Å²) in [5, 5.41) is 13.1. The van der Waals surface area contributed by atoms with Gasteiger partial charge < -0.3 is 15.3 Å². The summed E-state index contributed by atoms with van der Waals surface area (Å²) >= 11 is 0. The van der Waals surface area contributed by atoms with Gasteiger partial charge in [-0.1, -0.05) is 19.1 Å². The molecule has 0 aromatic heterocycles. The number of hydrogen-bond donors (Lipinski definition) is 2. The second-order valence-corrected chi connectivity index (χ2v) is 5.91. The average Bonchev–Trinajstić information content (AvgIpc) is 2.34. The van der Waals surface area contributed by atoms with Gasteiger partial charge in [0.1, 0.15) is 5.75 Å². The summed E-state index contributed by atoms with van der Waals surface area (Å²) in [7, 11) is 4.37. The summed E-state index contributed by atoms with van der Waals surface area (Å²) in [4.78, 5) is 2.37. The SMILES string of the molecule is CCC(NCC1(N(C)C)CCC1)c1ccc(O)cc1. The zero-order valence-electron chi connectivity index (χ0n) is 12.3. The fraction of sp³-hybridized carbons (Fsp3) is 0.625. The van der Waals surface area contributed by atoms with Crippen LogP contribution < -0.4 is 5.32 Å². The van der Waals surface area contributed by atoms with Crippen molar-refractivity contribution in [2.45, 2.75) is 44.2 Å². The molecule has 0 spiro atoms. The molecule has 1 aromatic carbocycles. The van der Waals surface area contributed by atoms with Crippen LogP contribution >= 0.6 is 0 Å². The highest BCUT2D eigenvalue weighted by molar-refractivity contribution is 5.28.